The fourth-order valence-corrected chi connectivity index (χ4v) is 3.75. The lowest BCUT2D eigenvalue weighted by molar-refractivity contribution is 0.794. The SMILES string of the molecule is CCSc1nc(C)cc2nnc(SCc3ccccc3)n12. The molecule has 0 saturated carbocycles. The summed E-state index contributed by atoms with van der Waals surface area (Å²) in [7, 11) is 0. The zero-order chi connectivity index (χ0) is 14.7. The Morgan fingerprint density at radius 1 is 1.05 bits per heavy atom. The van der Waals surface area contributed by atoms with E-state index in [-0.39, 0.29) is 0 Å². The molecule has 0 spiro atoms. The van der Waals surface area contributed by atoms with Crippen molar-refractivity contribution in [1.82, 2.24) is 19.6 Å². The molecule has 6 heteroatoms. The third-order valence-electron chi connectivity index (χ3n) is 2.94. The molecule has 108 valence electrons. The standard InChI is InChI=1S/C15H16N4S2/c1-3-20-14-16-11(2)9-13-17-18-15(19(13)14)21-10-12-7-5-4-6-8-12/h4-9H,3,10H2,1-2H3. The molecule has 2 aromatic heterocycles. The normalized spacial score (nSPS) is 11.1. The van der Waals surface area contributed by atoms with E-state index in [9.17, 15) is 0 Å². The van der Waals surface area contributed by atoms with E-state index in [1.165, 1.54) is 5.56 Å². The number of aryl methyl sites for hydroxylation is 1. The van der Waals surface area contributed by atoms with Gasteiger partial charge in [0.2, 0.25) is 0 Å². The van der Waals surface area contributed by atoms with Crippen molar-refractivity contribution >= 4 is 29.2 Å². The van der Waals surface area contributed by atoms with Gasteiger partial charge in [0.05, 0.1) is 0 Å². The fourth-order valence-electron chi connectivity index (χ4n) is 2.02. The molecule has 21 heavy (non-hydrogen) atoms. The first-order chi connectivity index (χ1) is 10.3. The predicted molar refractivity (Wildman–Crippen MR) is 87.9 cm³/mol. The molecule has 3 rings (SSSR count). The monoisotopic (exact) mass is 316 g/mol. The highest BCUT2D eigenvalue weighted by Crippen LogP contribution is 2.26. The third kappa shape index (κ3) is 3.22. The Labute approximate surface area is 132 Å². The molecule has 3 aromatic rings. The largest absolute Gasteiger partial charge is 0.248 e. The van der Waals surface area contributed by atoms with Crippen LogP contribution >= 0.6 is 23.5 Å². The van der Waals surface area contributed by atoms with Crippen LogP contribution in [-0.4, -0.2) is 25.3 Å². The van der Waals surface area contributed by atoms with Gasteiger partial charge in [0.15, 0.2) is 16.0 Å². The van der Waals surface area contributed by atoms with E-state index < -0.39 is 0 Å². The highest BCUT2D eigenvalue weighted by atomic mass is 32.2. The van der Waals surface area contributed by atoms with Gasteiger partial charge >= 0.3 is 0 Å². The van der Waals surface area contributed by atoms with Crippen LogP contribution < -0.4 is 0 Å². The number of hydrogen-bond acceptors (Lipinski definition) is 5. The first-order valence-electron chi connectivity index (χ1n) is 6.80. The number of aromatic nitrogens is 4. The van der Waals surface area contributed by atoms with Crippen LogP contribution in [0.2, 0.25) is 0 Å². The van der Waals surface area contributed by atoms with Crippen LogP contribution in [0.1, 0.15) is 18.2 Å². The lowest BCUT2D eigenvalue weighted by atomic mass is 10.2. The number of rotatable bonds is 5. The molecule has 0 unspecified atom stereocenters. The van der Waals surface area contributed by atoms with Gasteiger partial charge in [-0.15, -0.1) is 10.2 Å². The highest BCUT2D eigenvalue weighted by molar-refractivity contribution is 7.99. The lowest BCUT2D eigenvalue weighted by Gasteiger charge is -2.06. The van der Waals surface area contributed by atoms with Gasteiger partial charge in [-0.25, -0.2) is 9.38 Å². The second kappa shape index (κ2) is 6.49. The number of hydrogen-bond donors (Lipinski definition) is 0. The van der Waals surface area contributed by atoms with Gasteiger partial charge in [0, 0.05) is 17.5 Å². The highest BCUT2D eigenvalue weighted by Gasteiger charge is 2.12. The van der Waals surface area contributed by atoms with Crippen molar-refractivity contribution < 1.29 is 0 Å². The second-order valence-electron chi connectivity index (χ2n) is 4.56. The zero-order valence-electron chi connectivity index (χ0n) is 12.0. The van der Waals surface area contributed by atoms with E-state index in [4.69, 9.17) is 0 Å². The lowest BCUT2D eigenvalue weighted by Crippen LogP contribution is -1.98. The zero-order valence-corrected chi connectivity index (χ0v) is 13.6. The molecule has 0 aliphatic carbocycles. The van der Waals surface area contributed by atoms with E-state index in [1.54, 1.807) is 23.5 Å². The minimum atomic E-state index is 0.869. The van der Waals surface area contributed by atoms with E-state index in [1.807, 2.05) is 19.1 Å². The minimum Gasteiger partial charge on any atom is -0.248 e. The molecule has 0 bridgehead atoms. The molecular formula is C15H16N4S2. The first kappa shape index (κ1) is 14.4. The summed E-state index contributed by atoms with van der Waals surface area (Å²) in [4.78, 5) is 4.61. The Morgan fingerprint density at radius 3 is 2.62 bits per heavy atom. The van der Waals surface area contributed by atoms with Crippen molar-refractivity contribution in [2.75, 3.05) is 5.75 Å². The Kier molecular flexibility index (Phi) is 4.45. The van der Waals surface area contributed by atoms with Crippen molar-refractivity contribution in [2.45, 2.75) is 29.9 Å². The van der Waals surface area contributed by atoms with E-state index >= 15 is 0 Å². The minimum absolute atomic E-state index is 0.869. The summed E-state index contributed by atoms with van der Waals surface area (Å²) in [6.07, 6.45) is 0. The summed E-state index contributed by atoms with van der Waals surface area (Å²) in [6, 6.07) is 12.4. The van der Waals surface area contributed by atoms with Crippen LogP contribution in [0.4, 0.5) is 0 Å². The maximum absolute atomic E-state index is 4.61. The van der Waals surface area contributed by atoms with Crippen LogP contribution in [0.25, 0.3) is 5.65 Å². The summed E-state index contributed by atoms with van der Waals surface area (Å²) in [5, 5.41) is 10.5. The fraction of sp³-hybridized carbons (Fsp3) is 0.267. The van der Waals surface area contributed by atoms with E-state index in [2.05, 4.69) is 50.8 Å². The van der Waals surface area contributed by atoms with E-state index in [0.29, 0.717) is 0 Å². The van der Waals surface area contributed by atoms with Gasteiger partial charge in [-0.3, -0.25) is 0 Å². The van der Waals surface area contributed by atoms with Gasteiger partial charge in [0.25, 0.3) is 0 Å². The van der Waals surface area contributed by atoms with E-state index in [0.717, 1.165) is 33.2 Å². The smallest absolute Gasteiger partial charge is 0.198 e. The summed E-state index contributed by atoms with van der Waals surface area (Å²) in [5.41, 5.74) is 3.13. The third-order valence-corrected chi connectivity index (χ3v) is 4.76. The van der Waals surface area contributed by atoms with Gasteiger partial charge in [-0.1, -0.05) is 60.8 Å². The molecule has 0 aliphatic heterocycles. The Hall–Kier alpha value is -1.53. The average Bonchev–Trinajstić information content (AvgIpc) is 2.89. The predicted octanol–water partition coefficient (Wildman–Crippen LogP) is 3.84. The first-order valence-corrected chi connectivity index (χ1v) is 8.77. The Balaban J connectivity index is 1.92. The van der Waals surface area contributed by atoms with Crippen molar-refractivity contribution in [2.24, 2.45) is 0 Å². The van der Waals surface area contributed by atoms with Crippen molar-refractivity contribution in [1.29, 1.82) is 0 Å². The summed E-state index contributed by atoms with van der Waals surface area (Å²) >= 11 is 3.41. The van der Waals surface area contributed by atoms with Crippen LogP contribution in [-0.2, 0) is 5.75 Å². The van der Waals surface area contributed by atoms with Crippen molar-refractivity contribution in [3.05, 3.63) is 47.7 Å². The topological polar surface area (TPSA) is 43.1 Å². The number of thioether (sulfide) groups is 2. The number of benzene rings is 1. The maximum atomic E-state index is 4.61. The molecule has 0 saturated heterocycles. The van der Waals surface area contributed by atoms with Crippen molar-refractivity contribution in [3.8, 4) is 0 Å². The summed E-state index contributed by atoms with van der Waals surface area (Å²) in [6.45, 7) is 4.12. The molecule has 0 N–H and O–H groups in total. The van der Waals surface area contributed by atoms with Gasteiger partial charge in [-0.05, 0) is 18.2 Å². The molecule has 0 atom stereocenters. The number of fused-ring (bicyclic) bond motifs is 1. The average molecular weight is 316 g/mol. The molecule has 1 aromatic carbocycles. The quantitative estimate of drug-likeness (QED) is 0.528. The number of nitrogens with zero attached hydrogens (tertiary/aromatic N) is 4. The van der Waals surface area contributed by atoms with Crippen LogP contribution in [0, 0.1) is 6.92 Å². The summed E-state index contributed by atoms with van der Waals surface area (Å²) < 4.78 is 2.05. The molecule has 4 nitrogen and oxygen atoms in total. The maximum Gasteiger partial charge on any atom is 0.198 e. The molecule has 2 heterocycles. The van der Waals surface area contributed by atoms with Gasteiger partial charge < -0.3 is 0 Å². The summed E-state index contributed by atoms with van der Waals surface area (Å²) in [5.74, 6) is 1.86. The second-order valence-corrected chi connectivity index (χ2v) is 6.74. The van der Waals surface area contributed by atoms with Crippen molar-refractivity contribution in [3.63, 3.8) is 0 Å². The molecule has 0 fully saturated rings. The Morgan fingerprint density at radius 2 is 1.86 bits per heavy atom. The van der Waals surface area contributed by atoms with Crippen LogP contribution in [0.5, 0.6) is 0 Å². The van der Waals surface area contributed by atoms with Gasteiger partial charge in [0.1, 0.15) is 0 Å². The Bertz CT molecular complexity index is 740. The van der Waals surface area contributed by atoms with Crippen LogP contribution in [0.3, 0.4) is 0 Å². The molecular weight excluding hydrogens is 300 g/mol. The van der Waals surface area contributed by atoms with Crippen LogP contribution in [0.15, 0.2) is 46.7 Å². The molecule has 0 aliphatic rings. The van der Waals surface area contributed by atoms with Gasteiger partial charge in [-0.2, -0.15) is 0 Å². The molecule has 0 amide bonds. The molecule has 0 radical (unpaired) electrons.